The predicted octanol–water partition coefficient (Wildman–Crippen LogP) is 3.01. The van der Waals surface area contributed by atoms with Crippen LogP contribution in [-0.2, 0) is 4.79 Å². The summed E-state index contributed by atoms with van der Waals surface area (Å²) in [6, 6.07) is 16.4. The minimum absolute atomic E-state index is 0.0210. The van der Waals surface area contributed by atoms with Crippen LogP contribution in [-0.4, -0.2) is 52.0 Å². The van der Waals surface area contributed by atoms with Crippen LogP contribution < -0.4 is 10.2 Å². The van der Waals surface area contributed by atoms with Crippen molar-refractivity contribution in [1.82, 2.24) is 25.5 Å². The molecule has 0 radical (unpaired) electrons. The van der Waals surface area contributed by atoms with Crippen LogP contribution >= 0.6 is 11.8 Å². The second kappa shape index (κ2) is 10.1. The Hall–Kier alpha value is -2.87. The number of para-hydroxylation sites is 1. The number of nitrogens with zero attached hydrogens (tertiary/aromatic N) is 5. The Morgan fingerprint density at radius 1 is 1.14 bits per heavy atom. The van der Waals surface area contributed by atoms with Gasteiger partial charge >= 0.3 is 0 Å². The molecule has 0 saturated heterocycles. The molecule has 2 aromatic carbocycles. The van der Waals surface area contributed by atoms with Crippen molar-refractivity contribution < 1.29 is 4.79 Å². The van der Waals surface area contributed by atoms with Gasteiger partial charge in [-0.25, -0.2) is 0 Å². The van der Waals surface area contributed by atoms with E-state index in [1.165, 1.54) is 17.4 Å². The number of aromatic nitrogens is 4. The maximum Gasteiger partial charge on any atom is 0.230 e. The number of anilines is 1. The van der Waals surface area contributed by atoms with Gasteiger partial charge in [0.1, 0.15) is 0 Å². The summed E-state index contributed by atoms with van der Waals surface area (Å²) in [5.41, 5.74) is 4.36. The molecule has 0 aliphatic rings. The molecular weight excluding hydrogens is 384 g/mol. The quantitative estimate of drug-likeness (QED) is 0.432. The van der Waals surface area contributed by atoms with Crippen molar-refractivity contribution in [2.24, 2.45) is 0 Å². The summed E-state index contributed by atoms with van der Waals surface area (Å²) in [6.45, 7) is 5.59. The monoisotopic (exact) mass is 410 g/mol. The lowest BCUT2D eigenvalue weighted by molar-refractivity contribution is -0.118. The number of hydrogen-bond acceptors (Lipinski definition) is 6. The van der Waals surface area contributed by atoms with Gasteiger partial charge in [-0.15, -0.1) is 5.10 Å². The van der Waals surface area contributed by atoms with Gasteiger partial charge in [0.05, 0.1) is 11.4 Å². The van der Waals surface area contributed by atoms with Crippen molar-refractivity contribution in [3.63, 3.8) is 0 Å². The van der Waals surface area contributed by atoms with Gasteiger partial charge in [-0.2, -0.15) is 4.68 Å². The molecule has 0 aliphatic carbocycles. The summed E-state index contributed by atoms with van der Waals surface area (Å²) < 4.78 is 1.67. The van der Waals surface area contributed by atoms with E-state index in [1.54, 1.807) is 4.68 Å². The molecule has 3 rings (SSSR count). The molecule has 1 amide bonds. The number of rotatable bonds is 9. The second-order valence-corrected chi connectivity index (χ2v) is 7.91. The third-order valence-corrected chi connectivity index (χ3v) is 5.33. The minimum Gasteiger partial charge on any atom is -0.375 e. The lowest BCUT2D eigenvalue weighted by Gasteiger charge is -2.19. The van der Waals surface area contributed by atoms with E-state index in [2.05, 4.69) is 51.0 Å². The number of benzene rings is 2. The minimum atomic E-state index is -0.0210. The van der Waals surface area contributed by atoms with Gasteiger partial charge < -0.3 is 10.2 Å². The van der Waals surface area contributed by atoms with E-state index in [1.807, 2.05) is 44.2 Å². The molecule has 1 N–H and O–H groups in total. The van der Waals surface area contributed by atoms with Crippen molar-refractivity contribution in [3.8, 4) is 5.69 Å². The highest BCUT2D eigenvalue weighted by Crippen LogP contribution is 2.20. The molecule has 1 heterocycles. The van der Waals surface area contributed by atoms with Crippen molar-refractivity contribution in [2.45, 2.75) is 25.4 Å². The molecule has 0 atom stereocenters. The number of amides is 1. The van der Waals surface area contributed by atoms with Gasteiger partial charge in [0.15, 0.2) is 0 Å². The van der Waals surface area contributed by atoms with E-state index < -0.39 is 0 Å². The highest BCUT2D eigenvalue weighted by molar-refractivity contribution is 7.99. The molecule has 3 aromatic rings. The number of tetrazole rings is 1. The number of carbonyl (C=O) groups is 1. The van der Waals surface area contributed by atoms with Gasteiger partial charge in [0.25, 0.3) is 0 Å². The Morgan fingerprint density at radius 2 is 1.86 bits per heavy atom. The van der Waals surface area contributed by atoms with Crippen LogP contribution in [0.5, 0.6) is 0 Å². The molecule has 29 heavy (non-hydrogen) atoms. The number of aryl methyl sites for hydroxylation is 2. The summed E-state index contributed by atoms with van der Waals surface area (Å²) >= 11 is 1.33. The van der Waals surface area contributed by atoms with Crippen LogP contribution in [0.3, 0.4) is 0 Å². The van der Waals surface area contributed by atoms with Gasteiger partial charge in [0, 0.05) is 25.8 Å². The topological polar surface area (TPSA) is 75.9 Å². The second-order valence-electron chi connectivity index (χ2n) is 6.97. The zero-order chi connectivity index (χ0) is 20.6. The van der Waals surface area contributed by atoms with Gasteiger partial charge in [-0.05, 0) is 66.1 Å². The molecule has 0 aliphatic heterocycles. The molecule has 7 nitrogen and oxygen atoms in total. The largest absolute Gasteiger partial charge is 0.375 e. The highest BCUT2D eigenvalue weighted by atomic mass is 32.2. The number of hydrogen-bond donors (Lipinski definition) is 1. The summed E-state index contributed by atoms with van der Waals surface area (Å²) in [5.74, 6) is 0.256. The maximum atomic E-state index is 12.2. The zero-order valence-electron chi connectivity index (χ0n) is 17.0. The van der Waals surface area contributed by atoms with E-state index in [0.717, 1.165) is 29.8 Å². The van der Waals surface area contributed by atoms with Crippen LogP contribution in [0.15, 0.2) is 53.7 Å². The average molecular weight is 411 g/mol. The third kappa shape index (κ3) is 6.05. The first-order valence-corrected chi connectivity index (χ1v) is 10.5. The molecule has 8 heteroatoms. The Balaban J connectivity index is 1.44. The normalized spacial score (nSPS) is 10.7. The predicted molar refractivity (Wildman–Crippen MR) is 117 cm³/mol. The van der Waals surface area contributed by atoms with Crippen molar-refractivity contribution in [1.29, 1.82) is 0 Å². The van der Waals surface area contributed by atoms with Gasteiger partial charge in [-0.1, -0.05) is 36.0 Å². The fourth-order valence-corrected chi connectivity index (χ4v) is 3.76. The Bertz CT molecular complexity index is 923. The van der Waals surface area contributed by atoms with Crippen LogP contribution in [0, 0.1) is 13.8 Å². The maximum absolute atomic E-state index is 12.2. The number of carbonyl (C=O) groups excluding carboxylic acids is 1. The molecular formula is C21H26N6OS. The first-order chi connectivity index (χ1) is 14.0. The highest BCUT2D eigenvalue weighted by Gasteiger charge is 2.12. The lowest BCUT2D eigenvalue weighted by Crippen LogP contribution is -2.29. The van der Waals surface area contributed by atoms with Crippen LogP contribution in [0.2, 0.25) is 0 Å². The van der Waals surface area contributed by atoms with Crippen LogP contribution in [0.1, 0.15) is 17.5 Å². The molecule has 0 saturated carbocycles. The standard InChI is InChI=1S/C21H26N6OS/c1-16-12-17(2)14-19(13-16)27-21(23-24-25-27)29-15-20(28)22-10-7-11-26(3)18-8-5-4-6-9-18/h4-6,8-9,12-14H,7,10-11,15H2,1-3H3,(H,22,28). The SMILES string of the molecule is Cc1cc(C)cc(-n2nnnc2SCC(=O)NCCCN(C)c2ccccc2)c1. The fourth-order valence-electron chi connectivity index (χ4n) is 3.04. The first kappa shape index (κ1) is 20.9. The molecule has 1 aromatic heterocycles. The smallest absolute Gasteiger partial charge is 0.230 e. The third-order valence-electron chi connectivity index (χ3n) is 4.41. The Kier molecular flexibility index (Phi) is 7.24. The lowest BCUT2D eigenvalue weighted by atomic mass is 10.1. The Morgan fingerprint density at radius 3 is 2.59 bits per heavy atom. The number of nitrogens with one attached hydrogen (secondary N) is 1. The van der Waals surface area contributed by atoms with Gasteiger partial charge in [0.2, 0.25) is 11.1 Å². The summed E-state index contributed by atoms with van der Waals surface area (Å²) in [6.07, 6.45) is 0.877. The average Bonchev–Trinajstić information content (AvgIpc) is 3.18. The van der Waals surface area contributed by atoms with Crippen molar-refractivity contribution >= 4 is 23.4 Å². The molecule has 0 fully saturated rings. The first-order valence-electron chi connectivity index (χ1n) is 9.55. The summed E-state index contributed by atoms with van der Waals surface area (Å²) in [4.78, 5) is 14.4. The summed E-state index contributed by atoms with van der Waals surface area (Å²) in [7, 11) is 2.06. The molecule has 0 spiro atoms. The van der Waals surface area contributed by atoms with Gasteiger partial charge in [-0.3, -0.25) is 4.79 Å². The van der Waals surface area contributed by atoms with Crippen molar-refractivity contribution in [3.05, 3.63) is 59.7 Å². The van der Waals surface area contributed by atoms with E-state index in [0.29, 0.717) is 11.7 Å². The number of thioether (sulfide) groups is 1. The van der Waals surface area contributed by atoms with Crippen LogP contribution in [0.4, 0.5) is 5.69 Å². The van der Waals surface area contributed by atoms with Crippen molar-refractivity contribution in [2.75, 3.05) is 30.8 Å². The van der Waals surface area contributed by atoms with E-state index >= 15 is 0 Å². The molecule has 0 unspecified atom stereocenters. The van der Waals surface area contributed by atoms with E-state index in [-0.39, 0.29) is 11.7 Å². The van der Waals surface area contributed by atoms with Crippen LogP contribution in [0.25, 0.3) is 5.69 Å². The fraction of sp³-hybridized carbons (Fsp3) is 0.333. The zero-order valence-corrected chi connectivity index (χ0v) is 17.8. The molecule has 0 bridgehead atoms. The Labute approximate surface area is 175 Å². The molecule has 152 valence electrons. The van der Waals surface area contributed by atoms with E-state index in [9.17, 15) is 4.79 Å². The van der Waals surface area contributed by atoms with E-state index in [4.69, 9.17) is 0 Å². The summed E-state index contributed by atoms with van der Waals surface area (Å²) in [5, 5.41) is 15.5.